The van der Waals surface area contributed by atoms with Crippen LogP contribution in [-0.2, 0) is 9.59 Å². The molecule has 2 aliphatic rings. The number of likely N-dealkylation sites (tertiary alicyclic amines) is 1. The van der Waals surface area contributed by atoms with Crippen molar-refractivity contribution in [1.29, 1.82) is 0 Å². The third-order valence-electron chi connectivity index (χ3n) is 5.30. The zero-order valence-electron chi connectivity index (χ0n) is 12.6. The second-order valence-corrected chi connectivity index (χ2v) is 6.65. The molecule has 1 atom stereocenters. The van der Waals surface area contributed by atoms with Crippen LogP contribution < -0.4 is 0 Å². The summed E-state index contributed by atoms with van der Waals surface area (Å²) >= 11 is 0. The summed E-state index contributed by atoms with van der Waals surface area (Å²) in [6.45, 7) is 6.28. The van der Waals surface area contributed by atoms with Gasteiger partial charge in [-0.3, -0.25) is 14.5 Å². The van der Waals surface area contributed by atoms with E-state index in [1.54, 1.807) is 4.90 Å². The van der Waals surface area contributed by atoms with Gasteiger partial charge in [-0.25, -0.2) is 0 Å². The van der Waals surface area contributed by atoms with Gasteiger partial charge in [0.25, 0.3) is 0 Å². The van der Waals surface area contributed by atoms with Gasteiger partial charge in [0.2, 0.25) is 11.8 Å². The number of carbonyl (C=O) groups is 2. The zero-order chi connectivity index (χ0) is 14.1. The summed E-state index contributed by atoms with van der Waals surface area (Å²) in [6.07, 6.45) is 8.49. The molecule has 2 fully saturated rings. The first kappa shape index (κ1) is 14.5. The maximum absolute atomic E-state index is 12.9. The highest BCUT2D eigenvalue weighted by atomic mass is 16.2. The lowest BCUT2D eigenvalue weighted by molar-refractivity contribution is -0.149. The number of amides is 2. The van der Waals surface area contributed by atoms with Gasteiger partial charge in [0.15, 0.2) is 0 Å². The van der Waals surface area contributed by atoms with Gasteiger partial charge in [-0.15, -0.1) is 0 Å². The van der Waals surface area contributed by atoms with E-state index in [2.05, 4.69) is 20.8 Å². The molecule has 1 heterocycles. The standard InChI is InChI=1S/C16H27NO2/c1-4-9-15(3,5-2)17-13(18)12-16(14(17)19)10-7-6-8-11-16/h4-12H2,1-3H3. The lowest BCUT2D eigenvalue weighted by atomic mass is 9.73. The van der Waals surface area contributed by atoms with E-state index < -0.39 is 0 Å². The number of carbonyl (C=O) groups excluding carboxylic acids is 2. The minimum absolute atomic E-state index is 0.0738. The zero-order valence-corrected chi connectivity index (χ0v) is 12.6. The third kappa shape index (κ3) is 2.32. The van der Waals surface area contributed by atoms with Crippen LogP contribution in [0, 0.1) is 5.41 Å². The van der Waals surface area contributed by atoms with Gasteiger partial charge in [-0.05, 0) is 32.6 Å². The first-order valence-corrected chi connectivity index (χ1v) is 7.86. The average molecular weight is 265 g/mol. The summed E-state index contributed by atoms with van der Waals surface area (Å²) in [5.41, 5.74) is -0.608. The molecule has 0 bridgehead atoms. The van der Waals surface area contributed by atoms with E-state index in [4.69, 9.17) is 0 Å². The number of imide groups is 1. The molecule has 0 aromatic heterocycles. The minimum Gasteiger partial charge on any atom is -0.276 e. The lowest BCUT2D eigenvalue weighted by Crippen LogP contribution is -2.51. The van der Waals surface area contributed by atoms with Gasteiger partial charge in [0.1, 0.15) is 0 Å². The molecule has 0 aromatic carbocycles. The first-order chi connectivity index (χ1) is 8.99. The Labute approximate surface area is 116 Å². The van der Waals surface area contributed by atoms with E-state index in [9.17, 15) is 9.59 Å². The fourth-order valence-corrected chi connectivity index (χ4v) is 3.95. The summed E-state index contributed by atoms with van der Waals surface area (Å²) in [7, 11) is 0. The van der Waals surface area contributed by atoms with Crippen molar-refractivity contribution in [3.63, 3.8) is 0 Å². The number of hydrogen-bond acceptors (Lipinski definition) is 2. The highest BCUT2D eigenvalue weighted by molar-refractivity contribution is 6.06. The lowest BCUT2D eigenvalue weighted by Gasteiger charge is -2.39. The molecule has 3 heteroatoms. The first-order valence-electron chi connectivity index (χ1n) is 7.86. The summed E-state index contributed by atoms with van der Waals surface area (Å²) in [5, 5.41) is 0. The van der Waals surface area contributed by atoms with Gasteiger partial charge in [0.05, 0.1) is 5.41 Å². The maximum atomic E-state index is 12.9. The molecule has 108 valence electrons. The Balaban J connectivity index is 2.27. The van der Waals surface area contributed by atoms with E-state index in [0.29, 0.717) is 6.42 Å². The molecule has 19 heavy (non-hydrogen) atoms. The number of rotatable bonds is 4. The van der Waals surface area contributed by atoms with E-state index in [-0.39, 0.29) is 22.8 Å². The van der Waals surface area contributed by atoms with E-state index in [0.717, 1.165) is 44.9 Å². The summed E-state index contributed by atoms with van der Waals surface area (Å²) in [6, 6.07) is 0. The molecular formula is C16H27NO2. The quantitative estimate of drug-likeness (QED) is 0.727. The molecular weight excluding hydrogens is 238 g/mol. The molecule has 2 rings (SSSR count). The number of hydrogen-bond donors (Lipinski definition) is 0. The van der Waals surface area contributed by atoms with Crippen molar-refractivity contribution in [2.24, 2.45) is 5.41 Å². The molecule has 1 saturated heterocycles. The Morgan fingerprint density at radius 2 is 1.79 bits per heavy atom. The van der Waals surface area contributed by atoms with Crippen LogP contribution in [-0.4, -0.2) is 22.3 Å². The molecule has 2 amide bonds. The summed E-state index contributed by atoms with van der Waals surface area (Å²) in [4.78, 5) is 27.0. The maximum Gasteiger partial charge on any atom is 0.236 e. The van der Waals surface area contributed by atoms with Crippen molar-refractivity contribution in [2.75, 3.05) is 0 Å². The van der Waals surface area contributed by atoms with Crippen LogP contribution in [0.5, 0.6) is 0 Å². The SMILES string of the molecule is CCCC(C)(CC)N1C(=O)CC2(CCCCC2)C1=O. The molecule has 1 saturated carbocycles. The smallest absolute Gasteiger partial charge is 0.236 e. The Kier molecular flexibility index (Phi) is 4.03. The summed E-state index contributed by atoms with van der Waals surface area (Å²) in [5.74, 6) is 0.208. The van der Waals surface area contributed by atoms with Crippen molar-refractivity contribution in [3.05, 3.63) is 0 Å². The molecule has 1 aliphatic carbocycles. The predicted molar refractivity (Wildman–Crippen MR) is 75.6 cm³/mol. The van der Waals surface area contributed by atoms with Gasteiger partial charge in [0, 0.05) is 12.0 Å². The second kappa shape index (κ2) is 5.26. The van der Waals surface area contributed by atoms with Gasteiger partial charge in [-0.1, -0.05) is 39.5 Å². The Morgan fingerprint density at radius 1 is 1.16 bits per heavy atom. The topological polar surface area (TPSA) is 37.4 Å². The Morgan fingerprint density at radius 3 is 2.32 bits per heavy atom. The molecule has 0 aromatic rings. The Bertz CT molecular complexity index is 371. The van der Waals surface area contributed by atoms with Crippen LogP contribution in [0.3, 0.4) is 0 Å². The van der Waals surface area contributed by atoms with E-state index >= 15 is 0 Å². The molecule has 0 N–H and O–H groups in total. The van der Waals surface area contributed by atoms with Crippen LogP contribution in [0.1, 0.15) is 78.6 Å². The van der Waals surface area contributed by atoms with Crippen molar-refractivity contribution in [3.8, 4) is 0 Å². The normalized spacial score (nSPS) is 25.9. The largest absolute Gasteiger partial charge is 0.276 e. The molecule has 3 nitrogen and oxygen atoms in total. The Hall–Kier alpha value is -0.860. The van der Waals surface area contributed by atoms with Crippen LogP contribution in [0.4, 0.5) is 0 Å². The highest BCUT2D eigenvalue weighted by Crippen LogP contribution is 2.48. The van der Waals surface area contributed by atoms with Crippen LogP contribution >= 0.6 is 0 Å². The monoisotopic (exact) mass is 265 g/mol. The second-order valence-electron chi connectivity index (χ2n) is 6.65. The molecule has 1 spiro atoms. The van der Waals surface area contributed by atoms with E-state index in [1.807, 2.05) is 0 Å². The van der Waals surface area contributed by atoms with Gasteiger partial charge >= 0.3 is 0 Å². The van der Waals surface area contributed by atoms with Crippen LogP contribution in [0.15, 0.2) is 0 Å². The predicted octanol–water partition coefficient (Wildman–Crippen LogP) is 3.66. The number of nitrogens with zero attached hydrogens (tertiary/aromatic N) is 1. The third-order valence-corrected chi connectivity index (χ3v) is 5.30. The van der Waals surface area contributed by atoms with Gasteiger partial charge < -0.3 is 0 Å². The molecule has 1 unspecified atom stereocenters. The van der Waals surface area contributed by atoms with Crippen molar-refractivity contribution >= 4 is 11.8 Å². The highest BCUT2D eigenvalue weighted by Gasteiger charge is 2.55. The summed E-state index contributed by atoms with van der Waals surface area (Å²) < 4.78 is 0. The van der Waals surface area contributed by atoms with Crippen LogP contribution in [0.25, 0.3) is 0 Å². The minimum atomic E-state index is -0.334. The van der Waals surface area contributed by atoms with Gasteiger partial charge in [-0.2, -0.15) is 0 Å². The fraction of sp³-hybridized carbons (Fsp3) is 0.875. The van der Waals surface area contributed by atoms with E-state index in [1.165, 1.54) is 6.42 Å². The average Bonchev–Trinajstić information content (AvgIpc) is 2.62. The molecule has 1 aliphatic heterocycles. The molecule has 0 radical (unpaired) electrons. The van der Waals surface area contributed by atoms with Crippen molar-refractivity contribution in [2.45, 2.75) is 84.1 Å². The van der Waals surface area contributed by atoms with Crippen molar-refractivity contribution < 1.29 is 9.59 Å². The van der Waals surface area contributed by atoms with Crippen molar-refractivity contribution in [1.82, 2.24) is 4.90 Å². The fourth-order valence-electron chi connectivity index (χ4n) is 3.95. The van der Waals surface area contributed by atoms with Crippen LogP contribution in [0.2, 0.25) is 0 Å².